The first-order valence-corrected chi connectivity index (χ1v) is 15.3. The molecule has 0 bridgehead atoms. The number of ether oxygens (including phenoxy) is 5. The van der Waals surface area contributed by atoms with Crippen LogP contribution in [0.25, 0.3) is 0 Å². The Morgan fingerprint density at radius 3 is 2.29 bits per heavy atom. The van der Waals surface area contributed by atoms with Gasteiger partial charge in [-0.1, -0.05) is 28.9 Å². The molecular weight excluding hydrogens is 610 g/mol. The van der Waals surface area contributed by atoms with Crippen LogP contribution in [0, 0.1) is 0 Å². The summed E-state index contributed by atoms with van der Waals surface area (Å²) in [4.78, 5) is 27.6. The topological polar surface area (TPSA) is 92.3 Å². The predicted octanol–water partition coefficient (Wildman–Crippen LogP) is 6.14. The van der Waals surface area contributed by atoms with E-state index in [-0.39, 0.29) is 24.7 Å². The van der Waals surface area contributed by atoms with Gasteiger partial charge >= 0.3 is 5.97 Å². The number of methoxy groups -OCH3 is 4. The van der Waals surface area contributed by atoms with Crippen LogP contribution in [0.5, 0.6) is 23.0 Å². The fraction of sp³-hybridized carbons (Fsp3) is 0.419. The van der Waals surface area contributed by atoms with Crippen LogP contribution in [-0.2, 0) is 14.3 Å². The lowest BCUT2D eigenvalue weighted by Crippen LogP contribution is -2.36. The Hall–Kier alpha value is -3.11. The van der Waals surface area contributed by atoms with E-state index in [1.54, 1.807) is 46.3 Å². The summed E-state index contributed by atoms with van der Waals surface area (Å²) in [5.41, 5.74) is 4.14. The third kappa shape index (κ3) is 6.38. The second-order valence-electron chi connectivity index (χ2n) is 9.69. The Labute approximate surface area is 253 Å². The van der Waals surface area contributed by atoms with Gasteiger partial charge < -0.3 is 29.0 Å². The number of esters is 1. The normalized spacial score (nSPS) is 18.5. The van der Waals surface area contributed by atoms with E-state index in [1.807, 2.05) is 31.2 Å². The van der Waals surface area contributed by atoms with Gasteiger partial charge in [0.25, 0.3) is 0 Å². The number of carbonyl (C=O) groups is 2. The quantitative estimate of drug-likeness (QED) is 0.228. The maximum atomic E-state index is 14.0. The molecule has 1 heterocycles. The largest absolute Gasteiger partial charge is 0.493 e. The van der Waals surface area contributed by atoms with Crippen LogP contribution in [0.2, 0.25) is 0 Å². The highest BCUT2D eigenvalue weighted by Crippen LogP contribution is 2.49. The summed E-state index contributed by atoms with van der Waals surface area (Å²) < 4.78 is 28.4. The smallest absolute Gasteiger partial charge is 0.336 e. The lowest BCUT2D eigenvalue weighted by molar-refractivity contribution is -0.138. The van der Waals surface area contributed by atoms with Crippen LogP contribution in [0.4, 0.5) is 0 Å². The Balaban J connectivity index is 1.80. The molecule has 0 radical (unpaired) electrons. The van der Waals surface area contributed by atoms with E-state index < -0.39 is 11.9 Å². The van der Waals surface area contributed by atoms with Crippen molar-refractivity contribution in [2.75, 3.05) is 46.6 Å². The van der Waals surface area contributed by atoms with Crippen LogP contribution >= 0.6 is 27.7 Å². The van der Waals surface area contributed by atoms with Crippen molar-refractivity contribution in [3.63, 3.8) is 0 Å². The van der Waals surface area contributed by atoms with Gasteiger partial charge in [0.15, 0.2) is 28.8 Å². The lowest BCUT2D eigenvalue weighted by Gasteiger charge is -2.37. The maximum absolute atomic E-state index is 14.0. The van der Waals surface area contributed by atoms with Crippen LogP contribution in [0.15, 0.2) is 57.3 Å². The first kappa shape index (κ1) is 30.8. The molecule has 2 aromatic carbocycles. The predicted molar refractivity (Wildman–Crippen MR) is 163 cm³/mol. The van der Waals surface area contributed by atoms with Gasteiger partial charge in [-0.3, -0.25) is 4.79 Å². The average molecular weight is 647 g/mol. The molecule has 4 rings (SSSR count). The molecule has 0 unspecified atom stereocenters. The molecular formula is C31H36BrNO7S. The van der Waals surface area contributed by atoms with Crippen molar-refractivity contribution in [1.29, 1.82) is 0 Å². The van der Waals surface area contributed by atoms with E-state index in [1.165, 1.54) is 0 Å². The Morgan fingerprint density at radius 1 is 0.976 bits per heavy atom. The first-order valence-electron chi connectivity index (χ1n) is 13.4. The Bertz CT molecular complexity index is 1390. The van der Waals surface area contributed by atoms with Gasteiger partial charge in [-0.05, 0) is 60.4 Å². The molecule has 41 heavy (non-hydrogen) atoms. The maximum Gasteiger partial charge on any atom is 0.336 e. The molecule has 1 N–H and O–H groups in total. The number of Topliss-reactive ketones (excluding diaryl/α,β-unsaturated/α-hetero) is 1. The number of dihydropyridines is 1. The Morgan fingerprint density at radius 2 is 1.63 bits per heavy atom. The minimum atomic E-state index is -0.648. The average Bonchev–Trinajstić information content (AvgIpc) is 2.97. The second kappa shape index (κ2) is 13.7. The van der Waals surface area contributed by atoms with Crippen LogP contribution in [0.1, 0.15) is 49.7 Å². The van der Waals surface area contributed by atoms with Gasteiger partial charge in [0.05, 0.1) is 34.0 Å². The molecule has 0 saturated heterocycles. The molecule has 8 nitrogen and oxygen atoms in total. The summed E-state index contributed by atoms with van der Waals surface area (Å²) in [7, 11) is 6.31. The van der Waals surface area contributed by atoms with E-state index in [2.05, 4.69) is 28.2 Å². The fourth-order valence-corrected chi connectivity index (χ4v) is 6.51. The third-order valence-corrected chi connectivity index (χ3v) is 8.96. The zero-order valence-electron chi connectivity index (χ0n) is 24.2. The second-order valence-corrected chi connectivity index (χ2v) is 11.9. The van der Waals surface area contributed by atoms with E-state index in [4.69, 9.17) is 23.7 Å². The molecule has 0 aromatic heterocycles. The van der Waals surface area contributed by atoms with Crippen molar-refractivity contribution in [3.8, 4) is 23.0 Å². The third-order valence-electron chi connectivity index (χ3n) is 7.41. The SMILES string of the molecule is CCSCCOC(=O)C1=C(C)NC2=C(C(=O)C[C@H](c3ccc(OC)c(OC)c3)C2)[C@@H]1c1cc(OC)c(OC)cc1Br. The lowest BCUT2D eigenvalue weighted by atomic mass is 9.71. The van der Waals surface area contributed by atoms with Crippen molar-refractivity contribution in [2.45, 2.75) is 38.5 Å². The van der Waals surface area contributed by atoms with Crippen LogP contribution in [0.3, 0.4) is 0 Å². The summed E-state index contributed by atoms with van der Waals surface area (Å²) in [5, 5.41) is 3.41. The molecule has 0 fully saturated rings. The number of benzene rings is 2. The number of hydrogen-bond donors (Lipinski definition) is 1. The summed E-state index contributed by atoms with van der Waals surface area (Å²) in [6.45, 7) is 4.20. The molecule has 1 aliphatic carbocycles. The first-order chi connectivity index (χ1) is 19.8. The van der Waals surface area contributed by atoms with Crippen molar-refractivity contribution in [2.24, 2.45) is 0 Å². The van der Waals surface area contributed by atoms with E-state index >= 15 is 0 Å². The number of hydrogen-bond acceptors (Lipinski definition) is 9. The summed E-state index contributed by atoms with van der Waals surface area (Å²) in [6, 6.07) is 9.37. The zero-order valence-corrected chi connectivity index (χ0v) is 26.6. The molecule has 2 aliphatic rings. The van der Waals surface area contributed by atoms with Crippen molar-refractivity contribution >= 4 is 39.4 Å². The molecule has 2 aromatic rings. The number of thioether (sulfide) groups is 1. The number of halogens is 1. The minimum absolute atomic E-state index is 0.0374. The molecule has 220 valence electrons. The molecule has 1 aliphatic heterocycles. The Kier molecular flexibility index (Phi) is 10.3. The molecule has 2 atom stereocenters. The van der Waals surface area contributed by atoms with E-state index in [0.717, 1.165) is 22.6 Å². The fourth-order valence-electron chi connectivity index (χ4n) is 5.47. The highest BCUT2D eigenvalue weighted by atomic mass is 79.9. The summed E-state index contributed by atoms with van der Waals surface area (Å²) >= 11 is 5.38. The van der Waals surface area contributed by atoms with E-state index in [0.29, 0.717) is 56.5 Å². The summed E-state index contributed by atoms with van der Waals surface area (Å²) in [5.74, 6) is 2.72. The number of rotatable bonds is 11. The van der Waals surface area contributed by atoms with Gasteiger partial charge in [-0.25, -0.2) is 4.79 Å². The van der Waals surface area contributed by atoms with Crippen molar-refractivity contribution < 1.29 is 33.3 Å². The monoisotopic (exact) mass is 645 g/mol. The molecule has 0 spiro atoms. The number of allylic oxidation sites excluding steroid dienone is 3. The zero-order chi connectivity index (χ0) is 29.7. The van der Waals surface area contributed by atoms with Crippen LogP contribution in [-0.4, -0.2) is 58.3 Å². The highest BCUT2D eigenvalue weighted by molar-refractivity contribution is 9.10. The minimum Gasteiger partial charge on any atom is -0.493 e. The summed E-state index contributed by atoms with van der Waals surface area (Å²) in [6.07, 6.45) is 0.872. The molecule has 0 amide bonds. The van der Waals surface area contributed by atoms with Gasteiger partial charge in [-0.15, -0.1) is 0 Å². The molecule has 0 saturated carbocycles. The number of carbonyl (C=O) groups excluding carboxylic acids is 2. The van der Waals surface area contributed by atoms with Gasteiger partial charge in [-0.2, -0.15) is 11.8 Å². The number of ketones is 1. The van der Waals surface area contributed by atoms with Crippen LogP contribution < -0.4 is 24.3 Å². The molecule has 10 heteroatoms. The van der Waals surface area contributed by atoms with Gasteiger partial charge in [0, 0.05) is 39.5 Å². The van der Waals surface area contributed by atoms with Crippen molar-refractivity contribution in [3.05, 3.63) is 68.5 Å². The highest BCUT2D eigenvalue weighted by Gasteiger charge is 2.42. The van der Waals surface area contributed by atoms with Crippen molar-refractivity contribution in [1.82, 2.24) is 5.32 Å². The van der Waals surface area contributed by atoms with Gasteiger partial charge in [0.1, 0.15) is 6.61 Å². The van der Waals surface area contributed by atoms with Gasteiger partial charge in [0.2, 0.25) is 0 Å². The van der Waals surface area contributed by atoms with E-state index in [9.17, 15) is 9.59 Å². The standard InChI is InChI=1S/C31H36BrNO7S/c1-7-41-11-10-40-31(35)28-17(2)33-22-12-19(18-8-9-24(36-3)25(14-18)37-4)13-23(34)30(22)29(28)20-15-26(38-5)27(39-6)16-21(20)32/h8-9,14-16,19,29,33H,7,10-13H2,1-6H3/t19-,29-/m1/s1. The number of nitrogens with one attached hydrogen (secondary N) is 1.